The summed E-state index contributed by atoms with van der Waals surface area (Å²) in [6.07, 6.45) is 0. The molecular weight excluding hydrogens is 323 g/mol. The van der Waals surface area contributed by atoms with Crippen LogP contribution >= 0.6 is 27.3 Å². The van der Waals surface area contributed by atoms with Crippen molar-refractivity contribution in [2.24, 2.45) is 0 Å². The van der Waals surface area contributed by atoms with Crippen molar-refractivity contribution in [2.45, 2.75) is 6.54 Å². The number of nitrogens with zero attached hydrogens (tertiary/aromatic N) is 1. The topological polar surface area (TPSA) is 55.2 Å². The highest BCUT2D eigenvalue weighted by Crippen LogP contribution is 2.24. The number of benzene rings is 1. The van der Waals surface area contributed by atoms with Gasteiger partial charge in [-0.25, -0.2) is 4.39 Å². The Bertz CT molecular complexity index is 588. The van der Waals surface area contributed by atoms with Gasteiger partial charge in [-0.3, -0.25) is 10.1 Å². The van der Waals surface area contributed by atoms with Crippen LogP contribution in [-0.2, 0) is 6.54 Å². The highest BCUT2D eigenvalue weighted by Gasteiger charge is 2.10. The van der Waals surface area contributed by atoms with Crippen molar-refractivity contribution in [3.05, 3.63) is 54.9 Å². The molecule has 18 heavy (non-hydrogen) atoms. The number of nitrogens with one attached hydrogen (secondary N) is 1. The van der Waals surface area contributed by atoms with Gasteiger partial charge in [-0.2, -0.15) is 0 Å². The molecule has 0 amide bonds. The van der Waals surface area contributed by atoms with E-state index in [2.05, 4.69) is 21.2 Å². The van der Waals surface area contributed by atoms with Crippen LogP contribution in [0, 0.1) is 15.9 Å². The van der Waals surface area contributed by atoms with E-state index >= 15 is 0 Å². The molecule has 0 radical (unpaired) electrons. The average molecular weight is 331 g/mol. The van der Waals surface area contributed by atoms with Crippen molar-refractivity contribution in [2.75, 3.05) is 5.32 Å². The molecule has 0 aliphatic rings. The maximum absolute atomic E-state index is 13.4. The van der Waals surface area contributed by atoms with Gasteiger partial charge < -0.3 is 5.32 Å². The Morgan fingerprint density at radius 1 is 1.44 bits per heavy atom. The van der Waals surface area contributed by atoms with E-state index in [1.807, 2.05) is 11.4 Å². The molecule has 0 spiro atoms. The van der Waals surface area contributed by atoms with Gasteiger partial charge >= 0.3 is 0 Å². The molecule has 94 valence electrons. The Hall–Kier alpha value is -1.47. The molecule has 4 nitrogen and oxygen atoms in total. The molecule has 0 bridgehead atoms. The summed E-state index contributed by atoms with van der Waals surface area (Å²) in [4.78, 5) is 10.0. The van der Waals surface area contributed by atoms with Gasteiger partial charge in [0.25, 0.3) is 5.69 Å². The lowest BCUT2D eigenvalue weighted by atomic mass is 10.2. The van der Waals surface area contributed by atoms with Gasteiger partial charge in [0, 0.05) is 18.7 Å². The van der Waals surface area contributed by atoms with E-state index in [-0.39, 0.29) is 11.4 Å². The molecule has 0 aliphatic carbocycles. The van der Waals surface area contributed by atoms with Crippen molar-refractivity contribution in [3.8, 4) is 0 Å². The monoisotopic (exact) mass is 330 g/mol. The van der Waals surface area contributed by atoms with Crippen LogP contribution in [0.1, 0.15) is 5.56 Å². The summed E-state index contributed by atoms with van der Waals surface area (Å²) in [5.41, 5.74) is 0.981. The Kier molecular flexibility index (Phi) is 3.93. The summed E-state index contributed by atoms with van der Waals surface area (Å²) < 4.78 is 14.4. The normalized spacial score (nSPS) is 10.3. The van der Waals surface area contributed by atoms with Gasteiger partial charge in [0.05, 0.1) is 14.4 Å². The van der Waals surface area contributed by atoms with Crippen LogP contribution in [0.2, 0.25) is 0 Å². The molecule has 2 rings (SSSR count). The molecule has 0 saturated carbocycles. The van der Waals surface area contributed by atoms with E-state index in [9.17, 15) is 14.5 Å². The first kappa shape index (κ1) is 13.0. The highest BCUT2D eigenvalue weighted by molar-refractivity contribution is 9.11. The number of anilines is 1. The first-order valence-electron chi connectivity index (χ1n) is 4.97. The largest absolute Gasteiger partial charge is 0.378 e. The zero-order valence-corrected chi connectivity index (χ0v) is 11.4. The van der Waals surface area contributed by atoms with E-state index in [0.29, 0.717) is 6.54 Å². The molecule has 1 heterocycles. The van der Waals surface area contributed by atoms with Crippen molar-refractivity contribution in [1.29, 1.82) is 0 Å². The molecule has 1 N–H and O–H groups in total. The summed E-state index contributed by atoms with van der Waals surface area (Å²) >= 11 is 4.86. The minimum atomic E-state index is -0.550. The Morgan fingerprint density at radius 2 is 2.22 bits per heavy atom. The van der Waals surface area contributed by atoms with Crippen molar-refractivity contribution in [3.63, 3.8) is 0 Å². The molecule has 0 atom stereocenters. The number of hydrogen-bond donors (Lipinski definition) is 1. The molecule has 7 heteroatoms. The second-order valence-electron chi connectivity index (χ2n) is 3.53. The lowest BCUT2D eigenvalue weighted by Gasteiger charge is -2.06. The molecule has 0 aliphatic heterocycles. The van der Waals surface area contributed by atoms with E-state index in [1.54, 1.807) is 0 Å². The Morgan fingerprint density at radius 3 is 2.83 bits per heavy atom. The Labute approximate surface area is 115 Å². The van der Waals surface area contributed by atoms with Crippen LogP contribution in [0.4, 0.5) is 15.8 Å². The molecular formula is C11H8BrFN2O2S. The minimum absolute atomic E-state index is 0.131. The van der Waals surface area contributed by atoms with Gasteiger partial charge in [0.15, 0.2) is 0 Å². The Balaban J connectivity index is 2.13. The fraction of sp³-hybridized carbons (Fsp3) is 0.0909. The molecule has 0 fully saturated rings. The molecule has 0 unspecified atom stereocenters. The van der Waals surface area contributed by atoms with Crippen LogP contribution in [0.5, 0.6) is 0 Å². The van der Waals surface area contributed by atoms with E-state index in [1.165, 1.54) is 17.4 Å². The molecule has 2 aromatic rings. The van der Waals surface area contributed by atoms with Crippen molar-refractivity contribution in [1.82, 2.24) is 0 Å². The van der Waals surface area contributed by atoms with E-state index in [4.69, 9.17) is 0 Å². The molecule has 1 aromatic heterocycles. The highest BCUT2D eigenvalue weighted by atomic mass is 79.9. The number of rotatable bonds is 4. The standard InChI is InChI=1S/C11H8BrFN2O2S/c12-11-3-7(6-18-11)5-14-10-4-8(15(16)17)1-2-9(10)13/h1-4,6,14H,5H2. The maximum Gasteiger partial charge on any atom is 0.271 e. The smallest absolute Gasteiger partial charge is 0.271 e. The SMILES string of the molecule is O=[N+]([O-])c1ccc(F)c(NCc2csc(Br)c2)c1. The van der Waals surface area contributed by atoms with Crippen LogP contribution in [0.15, 0.2) is 33.4 Å². The fourth-order valence-electron chi connectivity index (χ4n) is 1.40. The first-order chi connectivity index (χ1) is 8.56. The number of halogens is 2. The van der Waals surface area contributed by atoms with Crippen LogP contribution in [0.3, 0.4) is 0 Å². The summed E-state index contributed by atoms with van der Waals surface area (Å²) in [6, 6.07) is 5.33. The van der Waals surface area contributed by atoms with Crippen LogP contribution in [-0.4, -0.2) is 4.92 Å². The number of nitro groups is 1. The zero-order chi connectivity index (χ0) is 13.1. The summed E-state index contributed by atoms with van der Waals surface area (Å²) in [6.45, 7) is 0.417. The third kappa shape index (κ3) is 3.05. The van der Waals surface area contributed by atoms with Crippen LogP contribution < -0.4 is 5.32 Å². The van der Waals surface area contributed by atoms with Gasteiger partial charge in [0.2, 0.25) is 0 Å². The van der Waals surface area contributed by atoms with Crippen molar-refractivity contribution < 1.29 is 9.31 Å². The van der Waals surface area contributed by atoms with E-state index < -0.39 is 10.7 Å². The predicted octanol–water partition coefficient (Wildman–Crippen LogP) is 4.17. The van der Waals surface area contributed by atoms with Gasteiger partial charge in [0.1, 0.15) is 5.82 Å². The number of non-ortho nitro benzene ring substituents is 1. The lowest BCUT2D eigenvalue weighted by Crippen LogP contribution is -2.01. The van der Waals surface area contributed by atoms with Gasteiger partial charge in [-0.05, 0) is 39.0 Å². The number of nitro benzene ring substituents is 1. The van der Waals surface area contributed by atoms with Crippen LogP contribution in [0.25, 0.3) is 0 Å². The first-order valence-corrected chi connectivity index (χ1v) is 6.64. The van der Waals surface area contributed by atoms with Gasteiger partial charge in [-0.1, -0.05) is 0 Å². The quantitative estimate of drug-likeness (QED) is 0.676. The molecule has 1 aromatic carbocycles. The van der Waals surface area contributed by atoms with Crippen molar-refractivity contribution >= 4 is 38.6 Å². The number of thiophene rings is 1. The third-order valence-electron chi connectivity index (χ3n) is 2.27. The zero-order valence-electron chi connectivity index (χ0n) is 9.02. The molecule has 0 saturated heterocycles. The second kappa shape index (κ2) is 5.45. The number of hydrogen-bond acceptors (Lipinski definition) is 4. The average Bonchev–Trinajstić information content (AvgIpc) is 2.74. The minimum Gasteiger partial charge on any atom is -0.378 e. The lowest BCUT2D eigenvalue weighted by molar-refractivity contribution is -0.384. The second-order valence-corrected chi connectivity index (χ2v) is 5.82. The fourth-order valence-corrected chi connectivity index (χ4v) is 2.61. The summed E-state index contributed by atoms with van der Waals surface area (Å²) in [7, 11) is 0. The third-order valence-corrected chi connectivity index (χ3v) is 3.82. The summed E-state index contributed by atoms with van der Waals surface area (Å²) in [5, 5.41) is 15.4. The van der Waals surface area contributed by atoms with E-state index in [0.717, 1.165) is 21.5 Å². The summed E-state index contributed by atoms with van der Waals surface area (Å²) in [5.74, 6) is -0.505. The van der Waals surface area contributed by atoms with Gasteiger partial charge in [-0.15, -0.1) is 11.3 Å². The predicted molar refractivity (Wildman–Crippen MR) is 72.4 cm³/mol. The maximum atomic E-state index is 13.4.